The fourth-order valence-corrected chi connectivity index (χ4v) is 5.34. The summed E-state index contributed by atoms with van der Waals surface area (Å²) in [6.07, 6.45) is 3.37. The predicted octanol–water partition coefficient (Wildman–Crippen LogP) is 2.14. The molecule has 0 bridgehead atoms. The third-order valence-corrected chi connectivity index (χ3v) is 7.15. The van der Waals surface area contributed by atoms with Gasteiger partial charge in [0, 0.05) is 55.6 Å². The Morgan fingerprint density at radius 2 is 1.71 bits per heavy atom. The number of anilines is 2. The molecule has 7 heteroatoms. The van der Waals surface area contributed by atoms with Crippen LogP contribution in [0.4, 0.5) is 11.4 Å². The van der Waals surface area contributed by atoms with Crippen molar-refractivity contribution in [2.75, 3.05) is 42.5 Å². The van der Waals surface area contributed by atoms with Gasteiger partial charge in [-0.15, -0.1) is 0 Å². The van der Waals surface area contributed by atoms with Gasteiger partial charge in [0.15, 0.2) is 0 Å². The zero-order valence-corrected chi connectivity index (χ0v) is 17.5. The van der Waals surface area contributed by atoms with Gasteiger partial charge in [-0.1, -0.05) is 12.1 Å². The molecule has 2 saturated heterocycles. The lowest BCUT2D eigenvalue weighted by Crippen LogP contribution is -2.53. The van der Waals surface area contributed by atoms with Crippen LogP contribution in [0.3, 0.4) is 0 Å². The second-order valence-electron chi connectivity index (χ2n) is 9.21. The van der Waals surface area contributed by atoms with E-state index in [9.17, 15) is 14.4 Å². The Bertz CT molecular complexity index is 1100. The number of benzene rings is 2. The van der Waals surface area contributed by atoms with Gasteiger partial charge in [-0.2, -0.15) is 0 Å². The van der Waals surface area contributed by atoms with E-state index in [4.69, 9.17) is 0 Å². The van der Waals surface area contributed by atoms with E-state index >= 15 is 0 Å². The van der Waals surface area contributed by atoms with Crippen molar-refractivity contribution in [3.63, 3.8) is 0 Å². The number of carbonyl (C=O) groups is 3. The van der Waals surface area contributed by atoms with Crippen LogP contribution in [0.15, 0.2) is 30.3 Å². The van der Waals surface area contributed by atoms with Crippen molar-refractivity contribution < 1.29 is 14.4 Å². The van der Waals surface area contributed by atoms with Crippen molar-refractivity contribution in [2.24, 2.45) is 5.92 Å². The van der Waals surface area contributed by atoms with E-state index in [1.165, 1.54) is 19.4 Å². The Kier molecular flexibility index (Phi) is 4.28. The highest BCUT2D eigenvalue weighted by Gasteiger charge is 2.41. The molecule has 3 fully saturated rings. The van der Waals surface area contributed by atoms with Gasteiger partial charge >= 0.3 is 0 Å². The number of piperazine rings is 1. The van der Waals surface area contributed by atoms with E-state index in [1.54, 1.807) is 4.90 Å². The van der Waals surface area contributed by atoms with Gasteiger partial charge in [-0.3, -0.25) is 29.5 Å². The number of hydrogen-bond acceptors (Lipinski definition) is 5. The summed E-state index contributed by atoms with van der Waals surface area (Å²) in [4.78, 5) is 44.0. The molecule has 1 N–H and O–H groups in total. The second kappa shape index (κ2) is 7.05. The van der Waals surface area contributed by atoms with Gasteiger partial charge in [0.1, 0.15) is 6.04 Å². The number of nitrogens with one attached hydrogen (secondary N) is 1. The molecule has 160 valence electrons. The lowest BCUT2D eigenvalue weighted by molar-refractivity contribution is -0.134. The zero-order chi connectivity index (χ0) is 21.1. The summed E-state index contributed by atoms with van der Waals surface area (Å²) in [5.41, 5.74) is 2.58. The third-order valence-electron chi connectivity index (χ3n) is 7.15. The Morgan fingerprint density at radius 3 is 2.45 bits per heavy atom. The number of nitrogens with zero attached hydrogens (tertiary/aromatic N) is 3. The lowest BCUT2D eigenvalue weighted by atomic mass is 10.0. The first-order chi connectivity index (χ1) is 15.1. The number of rotatable bonds is 4. The van der Waals surface area contributed by atoms with Crippen molar-refractivity contribution in [1.29, 1.82) is 0 Å². The maximum atomic E-state index is 13.3. The Labute approximate surface area is 181 Å². The lowest BCUT2D eigenvalue weighted by Gasteiger charge is -2.36. The summed E-state index contributed by atoms with van der Waals surface area (Å²) in [5, 5.41) is 4.38. The standard InChI is InChI=1S/C24H26N4O3/c29-21-9-8-20(23(30)25-21)28-19-3-1-2-16-18(7-6-17(22(16)19)24(28)31)27-12-10-26(11-13-27)14-15-4-5-15/h1-3,6-7,15,20H,4-5,8-14H2,(H,25,29,30). The largest absolute Gasteiger partial charge is 0.368 e. The molecule has 2 aromatic carbocycles. The molecule has 3 aliphatic heterocycles. The van der Waals surface area contributed by atoms with Crippen molar-refractivity contribution in [1.82, 2.24) is 10.2 Å². The number of imide groups is 1. The van der Waals surface area contributed by atoms with E-state index in [-0.39, 0.29) is 24.1 Å². The normalized spacial score (nSPS) is 24.3. The monoisotopic (exact) mass is 418 g/mol. The van der Waals surface area contributed by atoms with Crippen molar-refractivity contribution >= 4 is 39.9 Å². The highest BCUT2D eigenvalue weighted by molar-refractivity contribution is 6.28. The first-order valence-electron chi connectivity index (χ1n) is 11.3. The molecule has 1 aliphatic carbocycles. The quantitative estimate of drug-likeness (QED) is 0.771. The van der Waals surface area contributed by atoms with Gasteiger partial charge in [0.2, 0.25) is 11.8 Å². The van der Waals surface area contributed by atoms with Gasteiger partial charge in [0.25, 0.3) is 5.91 Å². The molecular formula is C24H26N4O3. The summed E-state index contributed by atoms with van der Waals surface area (Å²) in [6.45, 7) is 5.33. The highest BCUT2D eigenvalue weighted by atomic mass is 16.2. The van der Waals surface area contributed by atoms with Crippen molar-refractivity contribution in [3.05, 3.63) is 35.9 Å². The van der Waals surface area contributed by atoms with Crippen LogP contribution in [0, 0.1) is 5.92 Å². The minimum Gasteiger partial charge on any atom is -0.368 e. The molecule has 2 aromatic rings. The molecule has 7 nitrogen and oxygen atoms in total. The maximum Gasteiger partial charge on any atom is 0.259 e. The minimum absolute atomic E-state index is 0.151. The van der Waals surface area contributed by atoms with E-state index in [0.717, 1.165) is 54.2 Å². The maximum absolute atomic E-state index is 13.3. The van der Waals surface area contributed by atoms with Crippen LogP contribution in [0.1, 0.15) is 36.0 Å². The van der Waals surface area contributed by atoms with E-state index < -0.39 is 6.04 Å². The summed E-state index contributed by atoms with van der Waals surface area (Å²) >= 11 is 0. The minimum atomic E-state index is -0.641. The summed E-state index contributed by atoms with van der Waals surface area (Å²) in [5.74, 6) is 0.0993. The average Bonchev–Trinajstić information content (AvgIpc) is 3.54. The van der Waals surface area contributed by atoms with Gasteiger partial charge in [-0.25, -0.2) is 0 Å². The molecule has 0 radical (unpaired) electrons. The predicted molar refractivity (Wildman–Crippen MR) is 118 cm³/mol. The topological polar surface area (TPSA) is 73.0 Å². The smallest absolute Gasteiger partial charge is 0.259 e. The molecule has 1 unspecified atom stereocenters. The van der Waals surface area contributed by atoms with Crippen LogP contribution in [-0.2, 0) is 9.59 Å². The van der Waals surface area contributed by atoms with Gasteiger partial charge in [-0.05, 0) is 43.4 Å². The van der Waals surface area contributed by atoms with Crippen LogP contribution in [0.5, 0.6) is 0 Å². The third kappa shape index (κ3) is 3.10. The average molecular weight is 418 g/mol. The first-order valence-corrected chi connectivity index (χ1v) is 11.3. The molecule has 4 aliphatic rings. The van der Waals surface area contributed by atoms with Crippen LogP contribution >= 0.6 is 0 Å². The first kappa shape index (κ1) is 18.8. The van der Waals surface area contributed by atoms with Crippen LogP contribution in [0.2, 0.25) is 0 Å². The number of hydrogen-bond donors (Lipinski definition) is 1. The van der Waals surface area contributed by atoms with E-state index in [2.05, 4.69) is 27.2 Å². The van der Waals surface area contributed by atoms with Crippen LogP contribution in [0.25, 0.3) is 10.8 Å². The van der Waals surface area contributed by atoms with Crippen LogP contribution < -0.4 is 15.1 Å². The Balaban J connectivity index is 1.33. The second-order valence-corrected chi connectivity index (χ2v) is 9.21. The van der Waals surface area contributed by atoms with Gasteiger partial charge < -0.3 is 4.90 Å². The molecule has 31 heavy (non-hydrogen) atoms. The van der Waals surface area contributed by atoms with Crippen LogP contribution in [-0.4, -0.2) is 61.4 Å². The van der Waals surface area contributed by atoms with Crippen molar-refractivity contribution in [3.8, 4) is 0 Å². The summed E-state index contributed by atoms with van der Waals surface area (Å²) < 4.78 is 0. The molecule has 6 rings (SSSR count). The molecule has 1 saturated carbocycles. The van der Waals surface area contributed by atoms with E-state index in [0.29, 0.717) is 12.0 Å². The molecule has 0 spiro atoms. The summed E-state index contributed by atoms with van der Waals surface area (Å²) in [6, 6.07) is 9.28. The number of piperidine rings is 1. The Hall–Kier alpha value is -2.93. The van der Waals surface area contributed by atoms with E-state index in [1.807, 2.05) is 18.2 Å². The summed E-state index contributed by atoms with van der Waals surface area (Å²) in [7, 11) is 0. The number of carbonyl (C=O) groups excluding carboxylic acids is 3. The molecule has 3 amide bonds. The Morgan fingerprint density at radius 1 is 0.903 bits per heavy atom. The highest BCUT2D eigenvalue weighted by Crippen LogP contribution is 2.43. The van der Waals surface area contributed by atoms with Gasteiger partial charge in [0.05, 0.1) is 11.3 Å². The molecule has 0 aromatic heterocycles. The van der Waals surface area contributed by atoms with Crippen molar-refractivity contribution in [2.45, 2.75) is 31.7 Å². The zero-order valence-electron chi connectivity index (χ0n) is 17.5. The fourth-order valence-electron chi connectivity index (χ4n) is 5.34. The SMILES string of the molecule is O=C1CCC(N2C(=O)c3ccc(N4CCN(CC5CC5)CC4)c4cccc2c34)C(=O)N1. The molecule has 3 heterocycles. The molecular weight excluding hydrogens is 392 g/mol. The fraction of sp³-hybridized carbons (Fsp3) is 0.458. The number of amides is 3. The molecule has 1 atom stereocenters.